The van der Waals surface area contributed by atoms with Gasteiger partial charge in [0.1, 0.15) is 5.60 Å². The second-order valence-corrected chi connectivity index (χ2v) is 7.90. The second-order valence-electron chi connectivity index (χ2n) is 7.90. The summed E-state index contributed by atoms with van der Waals surface area (Å²) < 4.78 is 5.43. The summed E-state index contributed by atoms with van der Waals surface area (Å²) in [6, 6.07) is 6.83. The molecule has 0 saturated carbocycles. The molecule has 2 aromatic rings. The Bertz CT molecular complexity index is 945. The molecular weight excluding hydrogens is 374 g/mol. The number of hydrogen-bond acceptors (Lipinski definition) is 5. The van der Waals surface area contributed by atoms with Gasteiger partial charge in [-0.05, 0) is 39.0 Å². The van der Waals surface area contributed by atoms with Gasteiger partial charge in [-0.1, -0.05) is 6.07 Å². The SMILES string of the molecule is CC(=O)Nc1cccc(NC(=O)c2n[nH]c3c2CN(C(=O)OC(C)(C)C)CC3)c1. The van der Waals surface area contributed by atoms with Crippen LogP contribution in [0.4, 0.5) is 16.2 Å². The molecule has 0 unspecified atom stereocenters. The van der Waals surface area contributed by atoms with Crippen molar-refractivity contribution in [2.75, 3.05) is 17.2 Å². The molecule has 0 aliphatic carbocycles. The number of nitrogens with zero attached hydrogens (tertiary/aromatic N) is 2. The number of benzene rings is 1. The Morgan fingerprint density at radius 2 is 1.86 bits per heavy atom. The van der Waals surface area contributed by atoms with Crippen molar-refractivity contribution in [3.63, 3.8) is 0 Å². The molecule has 0 saturated heterocycles. The van der Waals surface area contributed by atoms with Crippen LogP contribution < -0.4 is 10.6 Å². The van der Waals surface area contributed by atoms with E-state index in [1.165, 1.54) is 6.92 Å². The monoisotopic (exact) mass is 399 g/mol. The third-order valence-corrected chi connectivity index (χ3v) is 4.24. The third kappa shape index (κ3) is 5.13. The van der Waals surface area contributed by atoms with Crippen LogP contribution in [-0.2, 0) is 22.5 Å². The van der Waals surface area contributed by atoms with Gasteiger partial charge < -0.3 is 20.3 Å². The minimum atomic E-state index is -0.590. The predicted molar refractivity (Wildman–Crippen MR) is 108 cm³/mol. The molecule has 1 aliphatic heterocycles. The first-order valence-electron chi connectivity index (χ1n) is 9.35. The maximum absolute atomic E-state index is 12.8. The normalized spacial score (nSPS) is 13.4. The third-order valence-electron chi connectivity index (χ3n) is 4.24. The number of nitrogens with one attached hydrogen (secondary N) is 3. The first-order chi connectivity index (χ1) is 13.6. The maximum atomic E-state index is 12.8. The van der Waals surface area contributed by atoms with Crippen molar-refractivity contribution in [2.45, 2.75) is 46.3 Å². The number of rotatable bonds is 3. The molecule has 0 atom stereocenters. The number of carbonyl (C=O) groups excluding carboxylic acids is 3. The van der Waals surface area contributed by atoms with Crippen molar-refractivity contribution >= 4 is 29.3 Å². The van der Waals surface area contributed by atoms with E-state index in [2.05, 4.69) is 20.8 Å². The number of anilines is 2. The van der Waals surface area contributed by atoms with Crippen LogP contribution in [0.25, 0.3) is 0 Å². The van der Waals surface area contributed by atoms with Crippen LogP contribution >= 0.6 is 0 Å². The zero-order valence-corrected chi connectivity index (χ0v) is 17.0. The molecule has 2 heterocycles. The van der Waals surface area contributed by atoms with Gasteiger partial charge in [0.05, 0.1) is 6.54 Å². The quantitative estimate of drug-likeness (QED) is 0.734. The zero-order chi connectivity index (χ0) is 21.2. The van der Waals surface area contributed by atoms with Gasteiger partial charge in [0.15, 0.2) is 5.69 Å². The Balaban J connectivity index is 1.74. The lowest BCUT2D eigenvalue weighted by atomic mass is 10.1. The van der Waals surface area contributed by atoms with Crippen LogP contribution in [0.15, 0.2) is 24.3 Å². The molecule has 9 nitrogen and oxygen atoms in total. The molecule has 3 rings (SSSR count). The number of ether oxygens (including phenoxy) is 1. The fourth-order valence-corrected chi connectivity index (χ4v) is 3.03. The summed E-state index contributed by atoms with van der Waals surface area (Å²) in [7, 11) is 0. The Hall–Kier alpha value is -3.36. The summed E-state index contributed by atoms with van der Waals surface area (Å²) in [5.74, 6) is -0.592. The van der Waals surface area contributed by atoms with Crippen molar-refractivity contribution in [3.05, 3.63) is 41.2 Å². The molecule has 0 bridgehead atoms. The van der Waals surface area contributed by atoms with Crippen molar-refractivity contribution in [1.29, 1.82) is 0 Å². The largest absolute Gasteiger partial charge is 0.444 e. The molecule has 0 fully saturated rings. The molecule has 3 N–H and O–H groups in total. The molecule has 29 heavy (non-hydrogen) atoms. The molecule has 0 radical (unpaired) electrons. The molecule has 3 amide bonds. The standard InChI is InChI=1S/C20H25N5O4/c1-12(26)21-13-6-5-7-14(10-13)22-18(27)17-15-11-25(9-8-16(15)23-24-17)19(28)29-20(2,3)4/h5-7,10H,8-9,11H2,1-4H3,(H,21,26)(H,22,27)(H,23,24). The molecule has 1 aliphatic rings. The molecule has 1 aromatic carbocycles. The van der Waals surface area contributed by atoms with Crippen LogP contribution in [0.5, 0.6) is 0 Å². The summed E-state index contributed by atoms with van der Waals surface area (Å²) in [5, 5.41) is 12.5. The summed E-state index contributed by atoms with van der Waals surface area (Å²) in [4.78, 5) is 37.9. The minimum Gasteiger partial charge on any atom is -0.444 e. The fraction of sp³-hybridized carbons (Fsp3) is 0.400. The number of amides is 3. The van der Waals surface area contributed by atoms with E-state index >= 15 is 0 Å². The van der Waals surface area contributed by atoms with E-state index < -0.39 is 17.6 Å². The van der Waals surface area contributed by atoms with Gasteiger partial charge >= 0.3 is 6.09 Å². The van der Waals surface area contributed by atoms with Crippen molar-refractivity contribution in [1.82, 2.24) is 15.1 Å². The van der Waals surface area contributed by atoms with Crippen molar-refractivity contribution in [2.24, 2.45) is 0 Å². The number of carbonyl (C=O) groups is 3. The summed E-state index contributed by atoms with van der Waals surface area (Å²) in [6.45, 7) is 7.58. The number of aromatic nitrogens is 2. The number of aromatic amines is 1. The van der Waals surface area contributed by atoms with Crippen LogP contribution in [0.1, 0.15) is 49.4 Å². The van der Waals surface area contributed by atoms with E-state index in [0.29, 0.717) is 29.9 Å². The first-order valence-corrected chi connectivity index (χ1v) is 9.35. The summed E-state index contributed by atoms with van der Waals surface area (Å²) >= 11 is 0. The Morgan fingerprint density at radius 3 is 2.52 bits per heavy atom. The van der Waals surface area contributed by atoms with Gasteiger partial charge in [0.2, 0.25) is 5.91 Å². The summed E-state index contributed by atoms with van der Waals surface area (Å²) in [6.07, 6.45) is 0.145. The molecule has 1 aromatic heterocycles. The highest BCUT2D eigenvalue weighted by Gasteiger charge is 2.30. The highest BCUT2D eigenvalue weighted by Crippen LogP contribution is 2.23. The van der Waals surface area contributed by atoms with Gasteiger partial charge in [0, 0.05) is 42.5 Å². The van der Waals surface area contributed by atoms with Crippen molar-refractivity contribution in [3.8, 4) is 0 Å². The number of H-pyrrole nitrogens is 1. The Kier molecular flexibility index (Phi) is 5.58. The lowest BCUT2D eigenvalue weighted by Crippen LogP contribution is -2.40. The molecule has 154 valence electrons. The predicted octanol–water partition coefficient (Wildman–Crippen LogP) is 2.91. The van der Waals surface area contributed by atoms with Crippen LogP contribution in [0.3, 0.4) is 0 Å². The number of hydrogen-bond donors (Lipinski definition) is 3. The fourth-order valence-electron chi connectivity index (χ4n) is 3.03. The van der Waals surface area contributed by atoms with Gasteiger partial charge in [-0.2, -0.15) is 5.10 Å². The van der Waals surface area contributed by atoms with E-state index in [1.54, 1.807) is 29.2 Å². The van der Waals surface area contributed by atoms with Gasteiger partial charge in [-0.15, -0.1) is 0 Å². The van der Waals surface area contributed by atoms with Crippen LogP contribution in [-0.4, -0.2) is 45.2 Å². The van der Waals surface area contributed by atoms with E-state index in [9.17, 15) is 14.4 Å². The van der Waals surface area contributed by atoms with Gasteiger partial charge in [0.25, 0.3) is 5.91 Å². The Labute approximate surface area is 168 Å². The average molecular weight is 399 g/mol. The lowest BCUT2D eigenvalue weighted by Gasteiger charge is -2.30. The first kappa shape index (κ1) is 20.4. The van der Waals surface area contributed by atoms with Gasteiger partial charge in [-0.25, -0.2) is 4.79 Å². The van der Waals surface area contributed by atoms with E-state index in [4.69, 9.17) is 4.74 Å². The van der Waals surface area contributed by atoms with E-state index in [-0.39, 0.29) is 18.1 Å². The Morgan fingerprint density at radius 1 is 1.17 bits per heavy atom. The second kappa shape index (κ2) is 7.94. The highest BCUT2D eigenvalue weighted by atomic mass is 16.6. The summed E-state index contributed by atoms with van der Waals surface area (Å²) in [5.41, 5.74) is 2.26. The average Bonchev–Trinajstić information content (AvgIpc) is 3.03. The molecular formula is C20H25N5O4. The molecule has 9 heteroatoms. The van der Waals surface area contributed by atoms with Gasteiger partial charge in [-0.3, -0.25) is 14.7 Å². The number of fused-ring (bicyclic) bond motifs is 1. The lowest BCUT2D eigenvalue weighted by molar-refractivity contribution is -0.114. The van der Waals surface area contributed by atoms with E-state index in [1.807, 2.05) is 20.8 Å². The van der Waals surface area contributed by atoms with Crippen LogP contribution in [0, 0.1) is 0 Å². The smallest absolute Gasteiger partial charge is 0.410 e. The highest BCUT2D eigenvalue weighted by molar-refractivity contribution is 6.04. The maximum Gasteiger partial charge on any atom is 0.410 e. The van der Waals surface area contributed by atoms with Crippen LogP contribution in [0.2, 0.25) is 0 Å². The topological polar surface area (TPSA) is 116 Å². The zero-order valence-electron chi connectivity index (χ0n) is 17.0. The van der Waals surface area contributed by atoms with E-state index in [0.717, 1.165) is 5.69 Å². The van der Waals surface area contributed by atoms with Crippen molar-refractivity contribution < 1.29 is 19.1 Å². The molecule has 0 spiro atoms. The minimum absolute atomic E-state index is 0.197.